The number of fused-ring (bicyclic) bond motifs is 1. The van der Waals surface area contributed by atoms with E-state index in [1.54, 1.807) is 20.3 Å². The first kappa shape index (κ1) is 18.1. The van der Waals surface area contributed by atoms with E-state index in [1.165, 1.54) is 0 Å². The van der Waals surface area contributed by atoms with Crippen LogP contribution in [0, 0.1) is 0 Å². The Bertz CT molecular complexity index is 820. The fourth-order valence-electron chi connectivity index (χ4n) is 3.45. The van der Waals surface area contributed by atoms with Crippen molar-refractivity contribution in [3.63, 3.8) is 0 Å². The summed E-state index contributed by atoms with van der Waals surface area (Å²) in [5, 5.41) is 0. The van der Waals surface area contributed by atoms with Gasteiger partial charge in [-0.3, -0.25) is 4.79 Å². The molecule has 0 radical (unpaired) electrons. The molecule has 6 heteroatoms. The van der Waals surface area contributed by atoms with Gasteiger partial charge in [-0.2, -0.15) is 0 Å². The van der Waals surface area contributed by atoms with Crippen LogP contribution in [0.2, 0.25) is 0 Å². The van der Waals surface area contributed by atoms with E-state index >= 15 is 0 Å². The Balaban J connectivity index is 2.00. The zero-order valence-corrected chi connectivity index (χ0v) is 15.7. The van der Waals surface area contributed by atoms with Gasteiger partial charge in [-0.15, -0.1) is 0 Å². The Morgan fingerprint density at radius 1 is 1.15 bits per heavy atom. The molecule has 1 unspecified atom stereocenters. The van der Waals surface area contributed by atoms with Crippen molar-refractivity contribution >= 4 is 11.6 Å². The summed E-state index contributed by atoms with van der Waals surface area (Å²) in [5.41, 5.74) is 9.18. The Kier molecular flexibility index (Phi) is 5.04. The van der Waals surface area contributed by atoms with E-state index in [2.05, 4.69) is 4.90 Å². The maximum atomic E-state index is 13.1. The van der Waals surface area contributed by atoms with Crippen LogP contribution in [0.4, 0.5) is 5.69 Å². The number of likely N-dealkylation sites (N-methyl/N-ethyl adjacent to an activating group) is 1. The molecule has 1 aliphatic rings. The number of hydrogen-bond donors (Lipinski definition) is 1. The number of nitrogens with zero attached hydrogens (tertiary/aromatic N) is 2. The maximum absolute atomic E-state index is 13.1. The summed E-state index contributed by atoms with van der Waals surface area (Å²) < 4.78 is 10.8. The van der Waals surface area contributed by atoms with E-state index in [4.69, 9.17) is 15.2 Å². The summed E-state index contributed by atoms with van der Waals surface area (Å²) in [6.07, 6.45) is 0. The second kappa shape index (κ2) is 7.25. The highest BCUT2D eigenvalue weighted by atomic mass is 16.5. The third-order valence-corrected chi connectivity index (χ3v) is 4.71. The molecule has 2 aromatic carbocycles. The molecule has 3 rings (SSSR count). The lowest BCUT2D eigenvalue weighted by Crippen LogP contribution is -2.36. The van der Waals surface area contributed by atoms with E-state index in [0.717, 1.165) is 11.1 Å². The van der Waals surface area contributed by atoms with Gasteiger partial charge in [0.2, 0.25) is 0 Å². The van der Waals surface area contributed by atoms with E-state index in [-0.39, 0.29) is 11.9 Å². The molecule has 1 heterocycles. The highest BCUT2D eigenvalue weighted by Crippen LogP contribution is 2.37. The lowest BCUT2D eigenvalue weighted by atomic mass is 10.0. The molecule has 1 amide bonds. The van der Waals surface area contributed by atoms with Crippen LogP contribution in [0.25, 0.3) is 0 Å². The summed E-state index contributed by atoms with van der Waals surface area (Å²) in [6, 6.07) is 11.3. The van der Waals surface area contributed by atoms with Crippen molar-refractivity contribution in [2.75, 3.05) is 40.6 Å². The molecule has 0 spiro atoms. The number of carbonyl (C=O) groups is 1. The van der Waals surface area contributed by atoms with Crippen LogP contribution in [0.15, 0.2) is 36.4 Å². The molecular weight excluding hydrogens is 330 g/mol. The minimum atomic E-state index is -0.121. The van der Waals surface area contributed by atoms with Gasteiger partial charge in [-0.05, 0) is 43.4 Å². The first-order chi connectivity index (χ1) is 12.5. The molecule has 6 nitrogen and oxygen atoms in total. The smallest absolute Gasteiger partial charge is 0.257 e. The van der Waals surface area contributed by atoms with E-state index in [0.29, 0.717) is 35.8 Å². The monoisotopic (exact) mass is 355 g/mol. The van der Waals surface area contributed by atoms with Crippen molar-refractivity contribution in [2.45, 2.75) is 12.6 Å². The zero-order chi connectivity index (χ0) is 18.8. The predicted molar refractivity (Wildman–Crippen MR) is 102 cm³/mol. The first-order valence-electron chi connectivity index (χ1n) is 8.51. The number of nitrogen functional groups attached to an aromatic ring is 1. The van der Waals surface area contributed by atoms with Crippen LogP contribution in [0.5, 0.6) is 11.5 Å². The van der Waals surface area contributed by atoms with Crippen molar-refractivity contribution in [2.24, 2.45) is 0 Å². The summed E-state index contributed by atoms with van der Waals surface area (Å²) in [4.78, 5) is 17.0. The van der Waals surface area contributed by atoms with Gasteiger partial charge in [-0.25, -0.2) is 0 Å². The summed E-state index contributed by atoms with van der Waals surface area (Å²) in [6.45, 7) is 1.24. The van der Waals surface area contributed by atoms with Crippen molar-refractivity contribution < 1.29 is 14.3 Å². The van der Waals surface area contributed by atoms with Crippen molar-refractivity contribution in [3.8, 4) is 11.5 Å². The van der Waals surface area contributed by atoms with Crippen molar-refractivity contribution in [1.29, 1.82) is 0 Å². The van der Waals surface area contributed by atoms with Crippen molar-refractivity contribution in [1.82, 2.24) is 9.80 Å². The maximum Gasteiger partial charge on any atom is 0.257 e. The molecule has 0 aliphatic carbocycles. The molecule has 2 aromatic rings. The third kappa shape index (κ3) is 3.20. The quantitative estimate of drug-likeness (QED) is 0.807. The minimum absolute atomic E-state index is 0.0280. The van der Waals surface area contributed by atoms with E-state index in [9.17, 15) is 4.79 Å². The van der Waals surface area contributed by atoms with Crippen LogP contribution >= 0.6 is 0 Å². The Hall–Kier alpha value is -2.73. The molecular formula is C20H25N3O3. The number of anilines is 1. The topological polar surface area (TPSA) is 68.0 Å². The van der Waals surface area contributed by atoms with Gasteiger partial charge in [0.15, 0.2) is 11.5 Å². The predicted octanol–water partition coefficient (Wildman–Crippen LogP) is 2.54. The second-order valence-corrected chi connectivity index (χ2v) is 6.71. The molecule has 1 atom stereocenters. The summed E-state index contributed by atoms with van der Waals surface area (Å²) in [7, 11) is 7.21. The fraction of sp³-hybridized carbons (Fsp3) is 0.350. The fourth-order valence-corrected chi connectivity index (χ4v) is 3.45. The summed E-state index contributed by atoms with van der Waals surface area (Å²) >= 11 is 0. The Labute approximate surface area is 154 Å². The average Bonchev–Trinajstić information content (AvgIpc) is 2.96. The molecule has 138 valence electrons. The number of benzene rings is 2. The highest BCUT2D eigenvalue weighted by molar-refractivity contribution is 6.03. The van der Waals surface area contributed by atoms with Crippen LogP contribution in [0.3, 0.4) is 0 Å². The SMILES string of the molecule is COc1ccc(C(CN(C)C)N2Cc3cccc(N)c3C2=O)cc1OC. The number of hydrogen-bond acceptors (Lipinski definition) is 5. The normalized spacial score (nSPS) is 14.5. The van der Waals surface area contributed by atoms with Crippen LogP contribution in [-0.4, -0.2) is 50.6 Å². The average molecular weight is 355 g/mol. The number of carbonyl (C=O) groups excluding carboxylic acids is 1. The molecule has 0 saturated carbocycles. The van der Waals surface area contributed by atoms with Gasteiger partial charge in [0, 0.05) is 18.8 Å². The number of methoxy groups -OCH3 is 2. The lowest BCUT2D eigenvalue weighted by Gasteiger charge is -2.31. The molecule has 0 saturated heterocycles. The number of ether oxygens (including phenoxy) is 2. The van der Waals surface area contributed by atoms with E-state index < -0.39 is 0 Å². The van der Waals surface area contributed by atoms with Gasteiger partial charge in [0.25, 0.3) is 5.91 Å². The van der Waals surface area contributed by atoms with Gasteiger partial charge >= 0.3 is 0 Å². The molecule has 0 aromatic heterocycles. The first-order valence-corrected chi connectivity index (χ1v) is 8.51. The van der Waals surface area contributed by atoms with Gasteiger partial charge in [0.1, 0.15) is 0 Å². The zero-order valence-electron chi connectivity index (χ0n) is 15.7. The Morgan fingerprint density at radius 2 is 1.88 bits per heavy atom. The van der Waals surface area contributed by atoms with Crippen LogP contribution in [-0.2, 0) is 6.54 Å². The van der Waals surface area contributed by atoms with Gasteiger partial charge in [-0.1, -0.05) is 18.2 Å². The van der Waals surface area contributed by atoms with Gasteiger partial charge < -0.3 is 25.0 Å². The molecule has 2 N–H and O–H groups in total. The second-order valence-electron chi connectivity index (χ2n) is 6.71. The number of amides is 1. The molecule has 0 bridgehead atoms. The minimum Gasteiger partial charge on any atom is -0.493 e. The largest absolute Gasteiger partial charge is 0.493 e. The standard InChI is InChI=1S/C20H25N3O3/c1-22(2)12-16(13-8-9-17(25-3)18(10-13)26-4)23-11-14-6-5-7-15(21)19(14)20(23)24/h5-10,16H,11-12,21H2,1-4H3. The lowest BCUT2D eigenvalue weighted by molar-refractivity contribution is 0.0671. The number of rotatable bonds is 6. The molecule has 0 fully saturated rings. The third-order valence-electron chi connectivity index (χ3n) is 4.71. The molecule has 26 heavy (non-hydrogen) atoms. The number of nitrogens with two attached hydrogens (primary N) is 1. The molecule has 1 aliphatic heterocycles. The Morgan fingerprint density at radius 3 is 2.50 bits per heavy atom. The van der Waals surface area contributed by atoms with Crippen LogP contribution in [0.1, 0.15) is 27.5 Å². The van der Waals surface area contributed by atoms with E-state index in [1.807, 2.05) is 49.3 Å². The van der Waals surface area contributed by atoms with Gasteiger partial charge in [0.05, 0.1) is 25.8 Å². The summed E-state index contributed by atoms with van der Waals surface area (Å²) in [5.74, 6) is 1.29. The van der Waals surface area contributed by atoms with Crippen molar-refractivity contribution in [3.05, 3.63) is 53.1 Å². The van der Waals surface area contributed by atoms with Crippen LogP contribution < -0.4 is 15.2 Å². The highest BCUT2D eigenvalue weighted by Gasteiger charge is 2.35.